The number of nitrogen functional groups attached to an aromatic ring is 1. The number of rotatable bonds is 6. The molecule has 2 aromatic rings. The highest BCUT2D eigenvalue weighted by Gasteiger charge is 2.24. The van der Waals surface area contributed by atoms with Crippen molar-refractivity contribution in [2.75, 3.05) is 6.61 Å². The minimum Gasteiger partial charge on any atom is -0.493 e. The Morgan fingerprint density at radius 3 is 2.11 bits per heavy atom. The lowest BCUT2D eigenvalue weighted by molar-refractivity contribution is -0.134. The smallest absolute Gasteiger partial charge is 0.300 e. The van der Waals surface area contributed by atoms with Gasteiger partial charge in [-0.3, -0.25) is 20.0 Å². The van der Waals surface area contributed by atoms with Crippen molar-refractivity contribution in [1.82, 2.24) is 4.98 Å². The third-order valence-electron chi connectivity index (χ3n) is 3.78. The van der Waals surface area contributed by atoms with Crippen LogP contribution in [0.25, 0.3) is 11.3 Å². The van der Waals surface area contributed by atoms with Gasteiger partial charge in [0.1, 0.15) is 24.0 Å². The number of pyridine rings is 1. The molecule has 2 rings (SSSR count). The molecule has 144 valence electrons. The van der Waals surface area contributed by atoms with E-state index >= 15 is 0 Å². The molecule has 0 atom stereocenters. The molecule has 0 saturated carbocycles. The quantitative estimate of drug-likeness (QED) is 0.529. The molecule has 0 saturated heterocycles. The van der Waals surface area contributed by atoms with Crippen molar-refractivity contribution in [3.63, 3.8) is 0 Å². The Morgan fingerprint density at radius 1 is 1.15 bits per heavy atom. The van der Waals surface area contributed by atoms with E-state index in [-0.39, 0.29) is 11.6 Å². The van der Waals surface area contributed by atoms with Gasteiger partial charge in [0.15, 0.2) is 0 Å². The Hall–Kier alpha value is -3.22. The van der Waals surface area contributed by atoms with E-state index in [1.54, 1.807) is 19.2 Å². The van der Waals surface area contributed by atoms with Crippen LogP contribution in [0.5, 0.6) is 5.75 Å². The number of amidine groups is 1. The molecule has 7 nitrogen and oxygen atoms in total. The molecule has 7 heteroatoms. The Bertz CT molecular complexity index is 793. The van der Waals surface area contributed by atoms with Gasteiger partial charge in [-0.2, -0.15) is 0 Å². The van der Waals surface area contributed by atoms with E-state index in [1.165, 1.54) is 0 Å². The summed E-state index contributed by atoms with van der Waals surface area (Å²) in [6.45, 7) is 6.73. The summed E-state index contributed by atoms with van der Waals surface area (Å²) in [6.07, 6.45) is 1.58. The molecule has 0 amide bonds. The average Bonchev–Trinajstić information content (AvgIpc) is 2.60. The van der Waals surface area contributed by atoms with Crippen LogP contribution in [0.4, 0.5) is 0 Å². The molecule has 0 spiro atoms. The lowest BCUT2D eigenvalue weighted by Gasteiger charge is -2.21. The van der Waals surface area contributed by atoms with Crippen LogP contribution in [0.2, 0.25) is 0 Å². The van der Waals surface area contributed by atoms with E-state index in [2.05, 4.69) is 4.98 Å². The lowest BCUT2D eigenvalue weighted by Crippen LogP contribution is -2.28. The summed E-state index contributed by atoms with van der Waals surface area (Å²) in [5.74, 6) is -0.0202. The highest BCUT2D eigenvalue weighted by Crippen LogP contribution is 2.23. The second-order valence-corrected chi connectivity index (χ2v) is 6.62. The van der Waals surface area contributed by atoms with Gasteiger partial charge in [0.25, 0.3) is 5.97 Å². The van der Waals surface area contributed by atoms with Crippen molar-refractivity contribution in [2.24, 2.45) is 11.1 Å². The number of Topliss-reactive ketones (excluding diaryl/α,β-unsaturated/α-hetero) is 1. The number of ether oxygens (including phenoxy) is 1. The zero-order valence-electron chi connectivity index (χ0n) is 15.9. The van der Waals surface area contributed by atoms with Gasteiger partial charge < -0.3 is 15.6 Å². The number of nitrogens with one attached hydrogen (secondary N) is 1. The van der Waals surface area contributed by atoms with Gasteiger partial charge in [0.2, 0.25) is 0 Å². The number of benzene rings is 1. The number of hydrogen-bond donors (Lipinski definition) is 3. The summed E-state index contributed by atoms with van der Waals surface area (Å²) < 4.78 is 5.69. The molecule has 0 aliphatic carbocycles. The largest absolute Gasteiger partial charge is 0.493 e. The normalized spacial score (nSPS) is 10.4. The molecule has 0 aliphatic rings. The minimum atomic E-state index is -0.833. The second-order valence-electron chi connectivity index (χ2n) is 6.62. The summed E-state index contributed by atoms with van der Waals surface area (Å²) in [4.78, 5) is 24.8. The highest BCUT2D eigenvalue weighted by molar-refractivity contribution is 5.94. The highest BCUT2D eigenvalue weighted by atomic mass is 16.5. The summed E-state index contributed by atoms with van der Waals surface area (Å²) in [5.41, 5.74) is 7.25. The molecular formula is C20H25N3O4. The summed E-state index contributed by atoms with van der Waals surface area (Å²) in [6, 6.07) is 11.1. The maximum absolute atomic E-state index is 11.5. The summed E-state index contributed by atoms with van der Waals surface area (Å²) in [5, 5.41) is 14.8. The first kappa shape index (κ1) is 21.8. The number of nitrogens with two attached hydrogens (primary N) is 1. The van der Waals surface area contributed by atoms with E-state index in [0.29, 0.717) is 17.9 Å². The first-order valence-corrected chi connectivity index (χ1v) is 8.27. The van der Waals surface area contributed by atoms with E-state index < -0.39 is 11.4 Å². The predicted octanol–water partition coefficient (Wildman–Crippen LogP) is 3.12. The van der Waals surface area contributed by atoms with Crippen molar-refractivity contribution in [2.45, 2.75) is 27.7 Å². The zero-order chi connectivity index (χ0) is 20.6. The van der Waals surface area contributed by atoms with Gasteiger partial charge in [-0.15, -0.1) is 0 Å². The Balaban J connectivity index is 0.000000828. The maximum Gasteiger partial charge on any atom is 0.300 e. The number of nitrogens with zero attached hydrogens (tertiary/aromatic N) is 1. The van der Waals surface area contributed by atoms with E-state index in [1.807, 2.05) is 44.2 Å². The third-order valence-corrected chi connectivity index (χ3v) is 3.78. The van der Waals surface area contributed by atoms with E-state index in [0.717, 1.165) is 18.2 Å². The molecule has 1 heterocycles. The van der Waals surface area contributed by atoms with Gasteiger partial charge >= 0.3 is 0 Å². The van der Waals surface area contributed by atoms with Crippen molar-refractivity contribution in [1.29, 1.82) is 5.41 Å². The number of carboxylic acids is 1. The predicted molar refractivity (Wildman–Crippen MR) is 104 cm³/mol. The van der Waals surface area contributed by atoms with Gasteiger partial charge in [-0.25, -0.2) is 0 Å². The molecule has 0 bridgehead atoms. The summed E-state index contributed by atoms with van der Waals surface area (Å²) >= 11 is 0. The topological polar surface area (TPSA) is 126 Å². The van der Waals surface area contributed by atoms with Crippen molar-refractivity contribution < 1.29 is 19.4 Å². The van der Waals surface area contributed by atoms with Crippen LogP contribution >= 0.6 is 0 Å². The molecule has 1 aromatic carbocycles. The number of aromatic nitrogens is 1. The molecule has 0 aliphatic heterocycles. The number of carbonyl (C=O) groups excluding carboxylic acids is 1. The third kappa shape index (κ3) is 7.27. The Kier molecular flexibility index (Phi) is 7.65. The molecule has 27 heavy (non-hydrogen) atoms. The van der Waals surface area contributed by atoms with Crippen molar-refractivity contribution >= 4 is 17.6 Å². The van der Waals surface area contributed by atoms with Crippen molar-refractivity contribution in [3.05, 3.63) is 48.2 Å². The second kappa shape index (κ2) is 9.47. The molecule has 4 N–H and O–H groups in total. The van der Waals surface area contributed by atoms with Crippen molar-refractivity contribution in [3.8, 4) is 17.0 Å². The van der Waals surface area contributed by atoms with Crippen LogP contribution in [0, 0.1) is 10.8 Å². The van der Waals surface area contributed by atoms with E-state index in [4.69, 9.17) is 25.8 Å². The van der Waals surface area contributed by atoms with Crippen LogP contribution in [0.3, 0.4) is 0 Å². The fraction of sp³-hybridized carbons (Fsp3) is 0.300. The monoisotopic (exact) mass is 371 g/mol. The molecule has 0 unspecified atom stereocenters. The number of carboxylic acid groups (broad SMARTS) is 1. The Morgan fingerprint density at radius 2 is 1.70 bits per heavy atom. The number of carbonyl (C=O) groups is 2. The first-order valence-electron chi connectivity index (χ1n) is 8.27. The van der Waals surface area contributed by atoms with Gasteiger partial charge in [-0.05, 0) is 57.2 Å². The number of ketones is 1. The van der Waals surface area contributed by atoms with Crippen LogP contribution < -0.4 is 10.5 Å². The standard InChI is InChI=1S/C18H21N3O2.C2H4O2/c1-12(22)18(2,3)11-23-15-7-4-13(5-8-15)16-9-6-14(10-21-16)17(19)20;1-2(3)4/h4-10H,11H2,1-3H3,(H3,19,20);1H3,(H,3,4). The summed E-state index contributed by atoms with van der Waals surface area (Å²) in [7, 11) is 0. The molecule has 0 radical (unpaired) electrons. The molecule has 1 aromatic heterocycles. The maximum atomic E-state index is 11.5. The SMILES string of the molecule is CC(=O)C(C)(C)COc1ccc(-c2ccc(C(=N)N)cn2)cc1.CC(=O)O. The average molecular weight is 371 g/mol. The molecular weight excluding hydrogens is 346 g/mol. The van der Waals surface area contributed by atoms with E-state index in [9.17, 15) is 4.79 Å². The Labute approximate surface area is 158 Å². The zero-order valence-corrected chi connectivity index (χ0v) is 15.9. The number of aliphatic carboxylic acids is 1. The van der Waals surface area contributed by atoms with Gasteiger partial charge in [0, 0.05) is 24.2 Å². The van der Waals surface area contributed by atoms with Gasteiger partial charge in [0.05, 0.1) is 11.1 Å². The fourth-order valence-electron chi connectivity index (χ4n) is 1.81. The van der Waals surface area contributed by atoms with Crippen LogP contribution in [-0.2, 0) is 9.59 Å². The fourth-order valence-corrected chi connectivity index (χ4v) is 1.81. The van der Waals surface area contributed by atoms with Crippen LogP contribution in [0.1, 0.15) is 33.3 Å². The van der Waals surface area contributed by atoms with Crippen LogP contribution in [-0.4, -0.2) is 34.3 Å². The first-order chi connectivity index (χ1) is 12.5. The number of hydrogen-bond acceptors (Lipinski definition) is 5. The molecule has 0 fully saturated rings. The minimum absolute atomic E-state index is 0.000818. The van der Waals surface area contributed by atoms with Crippen LogP contribution in [0.15, 0.2) is 42.6 Å². The van der Waals surface area contributed by atoms with Gasteiger partial charge in [-0.1, -0.05) is 0 Å². The lowest BCUT2D eigenvalue weighted by atomic mass is 9.90.